The molecule has 1 fully saturated rings. The number of amides is 1. The third-order valence-electron chi connectivity index (χ3n) is 7.43. The molecule has 1 unspecified atom stereocenters. The lowest BCUT2D eigenvalue weighted by atomic mass is 9.93. The Kier molecular flexibility index (Phi) is 6.66. The first-order valence-corrected chi connectivity index (χ1v) is 12.2. The maximum Gasteiger partial charge on any atom is 0.254 e. The van der Waals surface area contributed by atoms with Crippen LogP contribution in [0, 0.1) is 5.92 Å². The molecule has 3 heterocycles. The van der Waals surface area contributed by atoms with Crippen molar-refractivity contribution in [3.05, 3.63) is 71.3 Å². The second-order valence-electron chi connectivity index (χ2n) is 9.56. The molecule has 0 N–H and O–H groups in total. The molecule has 5 nitrogen and oxygen atoms in total. The number of ether oxygens (including phenoxy) is 2. The second-order valence-corrected chi connectivity index (χ2v) is 9.56. The fourth-order valence-electron chi connectivity index (χ4n) is 5.70. The summed E-state index contributed by atoms with van der Waals surface area (Å²) in [6.45, 7) is 5.18. The standard InChI is InChI=1S/C28H30N2O3.ClH/c31-28-25-16-27-26(32-19-33-27)15-23(25)11-14-30(28)18-20-5-4-12-29(17-20)13-10-22-8-3-7-21-6-1-2-9-24(21)22;/h1-3,6-9,15-16,20H,4-5,10-14,17-19H2;1H. The fourth-order valence-corrected chi connectivity index (χ4v) is 5.70. The summed E-state index contributed by atoms with van der Waals surface area (Å²) >= 11 is 0. The molecule has 1 saturated heterocycles. The number of hydrogen-bond donors (Lipinski definition) is 0. The number of rotatable bonds is 5. The van der Waals surface area contributed by atoms with Crippen LogP contribution < -0.4 is 9.47 Å². The van der Waals surface area contributed by atoms with Gasteiger partial charge in [0.15, 0.2) is 11.5 Å². The SMILES string of the molecule is Cl.O=C1c2cc3c(cc2CCN1CC1CCCN(CCc2cccc4ccccc24)C1)OCO3. The van der Waals surface area contributed by atoms with E-state index in [9.17, 15) is 4.79 Å². The van der Waals surface area contributed by atoms with E-state index >= 15 is 0 Å². The number of nitrogens with zero attached hydrogens (tertiary/aromatic N) is 2. The van der Waals surface area contributed by atoms with E-state index < -0.39 is 0 Å². The number of benzene rings is 3. The van der Waals surface area contributed by atoms with Crippen molar-refractivity contribution < 1.29 is 14.3 Å². The normalized spacial score (nSPS) is 19.7. The highest BCUT2D eigenvalue weighted by atomic mass is 35.5. The quantitative estimate of drug-likeness (QED) is 0.520. The smallest absolute Gasteiger partial charge is 0.254 e. The Morgan fingerprint density at radius 1 is 0.971 bits per heavy atom. The average Bonchev–Trinajstić information content (AvgIpc) is 3.31. The summed E-state index contributed by atoms with van der Waals surface area (Å²) in [4.78, 5) is 17.9. The molecule has 6 rings (SSSR count). The van der Waals surface area contributed by atoms with Crippen LogP contribution in [0.4, 0.5) is 0 Å². The third kappa shape index (κ3) is 4.47. The molecule has 6 heteroatoms. The Labute approximate surface area is 207 Å². The van der Waals surface area contributed by atoms with Gasteiger partial charge in [-0.15, -0.1) is 12.4 Å². The van der Waals surface area contributed by atoms with Crippen molar-refractivity contribution in [3.63, 3.8) is 0 Å². The molecular weight excluding hydrogens is 448 g/mol. The fraction of sp³-hybridized carbons (Fsp3) is 0.393. The minimum Gasteiger partial charge on any atom is -0.454 e. The molecule has 3 aromatic carbocycles. The van der Waals surface area contributed by atoms with Gasteiger partial charge in [-0.1, -0.05) is 42.5 Å². The summed E-state index contributed by atoms with van der Waals surface area (Å²) in [6.07, 6.45) is 4.35. The molecule has 0 aliphatic carbocycles. The van der Waals surface area contributed by atoms with Crippen LogP contribution in [0.15, 0.2) is 54.6 Å². The van der Waals surface area contributed by atoms with Crippen molar-refractivity contribution in [3.8, 4) is 11.5 Å². The lowest BCUT2D eigenvalue weighted by molar-refractivity contribution is 0.0662. The average molecular weight is 479 g/mol. The molecule has 1 amide bonds. The number of likely N-dealkylation sites (tertiary alicyclic amines) is 1. The van der Waals surface area contributed by atoms with E-state index in [0.29, 0.717) is 11.7 Å². The van der Waals surface area contributed by atoms with E-state index in [2.05, 4.69) is 52.3 Å². The van der Waals surface area contributed by atoms with E-state index in [-0.39, 0.29) is 25.1 Å². The maximum absolute atomic E-state index is 13.2. The van der Waals surface area contributed by atoms with E-state index in [1.807, 2.05) is 12.1 Å². The lowest BCUT2D eigenvalue weighted by Crippen LogP contribution is -2.45. The number of carbonyl (C=O) groups excluding carboxylic acids is 1. The van der Waals surface area contributed by atoms with Gasteiger partial charge < -0.3 is 19.3 Å². The largest absolute Gasteiger partial charge is 0.454 e. The monoisotopic (exact) mass is 478 g/mol. The Hall–Kier alpha value is -2.76. The van der Waals surface area contributed by atoms with E-state index in [4.69, 9.17) is 9.47 Å². The van der Waals surface area contributed by atoms with Gasteiger partial charge in [-0.3, -0.25) is 4.79 Å². The number of halogens is 1. The van der Waals surface area contributed by atoms with Gasteiger partial charge in [0.2, 0.25) is 6.79 Å². The van der Waals surface area contributed by atoms with Crippen molar-refractivity contribution in [1.82, 2.24) is 9.80 Å². The molecule has 0 radical (unpaired) electrons. The van der Waals surface area contributed by atoms with E-state index in [1.165, 1.54) is 29.2 Å². The van der Waals surface area contributed by atoms with Crippen molar-refractivity contribution in [2.75, 3.05) is 39.5 Å². The number of carbonyl (C=O) groups is 1. The van der Waals surface area contributed by atoms with Gasteiger partial charge in [0.25, 0.3) is 5.91 Å². The third-order valence-corrected chi connectivity index (χ3v) is 7.43. The number of hydrogen-bond acceptors (Lipinski definition) is 4. The van der Waals surface area contributed by atoms with Gasteiger partial charge >= 0.3 is 0 Å². The van der Waals surface area contributed by atoms with Crippen LogP contribution in [0.5, 0.6) is 11.5 Å². The summed E-state index contributed by atoms with van der Waals surface area (Å²) in [5.41, 5.74) is 3.30. The van der Waals surface area contributed by atoms with Crippen LogP contribution in [0.25, 0.3) is 10.8 Å². The zero-order valence-corrected chi connectivity index (χ0v) is 20.2. The Balaban J connectivity index is 0.00000241. The Morgan fingerprint density at radius 3 is 2.71 bits per heavy atom. The predicted octanol–water partition coefficient (Wildman–Crippen LogP) is 4.94. The molecule has 34 heavy (non-hydrogen) atoms. The summed E-state index contributed by atoms with van der Waals surface area (Å²) in [5, 5.41) is 2.69. The van der Waals surface area contributed by atoms with Gasteiger partial charge in [0, 0.05) is 31.7 Å². The highest BCUT2D eigenvalue weighted by Gasteiger charge is 2.30. The zero-order chi connectivity index (χ0) is 22.2. The first-order chi connectivity index (χ1) is 16.2. The highest BCUT2D eigenvalue weighted by Crippen LogP contribution is 2.37. The molecule has 3 aliphatic rings. The number of piperidine rings is 1. The minimum atomic E-state index is 0. The molecular formula is C28H31ClN2O3. The van der Waals surface area contributed by atoms with Crippen molar-refractivity contribution >= 4 is 29.1 Å². The molecule has 1 atom stereocenters. The molecule has 0 aromatic heterocycles. The maximum atomic E-state index is 13.2. The van der Waals surface area contributed by atoms with Crippen LogP contribution >= 0.6 is 12.4 Å². The van der Waals surface area contributed by atoms with Crippen LogP contribution in [-0.2, 0) is 12.8 Å². The molecule has 178 valence electrons. The van der Waals surface area contributed by atoms with Crippen molar-refractivity contribution in [1.29, 1.82) is 0 Å². The minimum absolute atomic E-state index is 0. The second kappa shape index (κ2) is 9.85. The summed E-state index contributed by atoms with van der Waals surface area (Å²) < 4.78 is 11.0. The van der Waals surface area contributed by atoms with E-state index in [0.717, 1.165) is 62.4 Å². The van der Waals surface area contributed by atoms with Gasteiger partial charge in [-0.25, -0.2) is 0 Å². The molecule has 3 aromatic rings. The summed E-state index contributed by atoms with van der Waals surface area (Å²) in [5.74, 6) is 2.14. The predicted molar refractivity (Wildman–Crippen MR) is 136 cm³/mol. The molecule has 3 aliphatic heterocycles. The van der Waals surface area contributed by atoms with Gasteiger partial charge in [0.1, 0.15) is 0 Å². The van der Waals surface area contributed by atoms with Crippen molar-refractivity contribution in [2.24, 2.45) is 5.92 Å². The van der Waals surface area contributed by atoms with Gasteiger partial charge in [-0.05, 0) is 72.2 Å². The first kappa shape index (κ1) is 23.0. The summed E-state index contributed by atoms with van der Waals surface area (Å²) in [7, 11) is 0. The summed E-state index contributed by atoms with van der Waals surface area (Å²) in [6, 6.07) is 19.2. The molecule has 0 saturated carbocycles. The van der Waals surface area contributed by atoms with Crippen LogP contribution in [0.1, 0.15) is 34.3 Å². The van der Waals surface area contributed by atoms with Gasteiger partial charge in [-0.2, -0.15) is 0 Å². The van der Waals surface area contributed by atoms with Crippen LogP contribution in [0.3, 0.4) is 0 Å². The molecule has 0 bridgehead atoms. The molecule has 0 spiro atoms. The van der Waals surface area contributed by atoms with E-state index in [1.54, 1.807) is 0 Å². The highest BCUT2D eigenvalue weighted by molar-refractivity contribution is 5.97. The van der Waals surface area contributed by atoms with Gasteiger partial charge in [0.05, 0.1) is 0 Å². The Bertz CT molecular complexity index is 1190. The van der Waals surface area contributed by atoms with Crippen LogP contribution in [0.2, 0.25) is 0 Å². The van der Waals surface area contributed by atoms with Crippen molar-refractivity contribution in [2.45, 2.75) is 25.7 Å². The Morgan fingerprint density at radius 2 is 1.79 bits per heavy atom. The number of fused-ring (bicyclic) bond motifs is 3. The zero-order valence-electron chi connectivity index (χ0n) is 19.4. The first-order valence-electron chi connectivity index (χ1n) is 12.2. The van der Waals surface area contributed by atoms with Crippen LogP contribution in [-0.4, -0.2) is 55.2 Å². The topological polar surface area (TPSA) is 42.0 Å². The lowest BCUT2D eigenvalue weighted by Gasteiger charge is -2.37.